The van der Waals surface area contributed by atoms with E-state index >= 15 is 0 Å². The molecule has 0 N–H and O–H groups in total. The number of hydrogen-bond donors (Lipinski definition) is 0. The van der Waals surface area contributed by atoms with Gasteiger partial charge in [0.05, 0.1) is 11.4 Å². The van der Waals surface area contributed by atoms with Gasteiger partial charge in [-0.25, -0.2) is 21.8 Å². The van der Waals surface area contributed by atoms with E-state index in [-0.39, 0.29) is 26.7 Å². The Kier molecular flexibility index (Phi) is 4.54. The average Bonchev–Trinajstić information content (AvgIpc) is 2.53. The average molecular weight is 447 g/mol. The molecule has 134 valence electrons. The molecule has 0 bridgehead atoms. The Balaban J connectivity index is 2.18. The van der Waals surface area contributed by atoms with Gasteiger partial charge in [0.25, 0.3) is 10.0 Å². The van der Waals surface area contributed by atoms with Crippen molar-refractivity contribution in [3.05, 3.63) is 41.0 Å². The van der Waals surface area contributed by atoms with Gasteiger partial charge in [-0.15, -0.1) is 0 Å². The van der Waals surface area contributed by atoms with Gasteiger partial charge in [-0.3, -0.25) is 4.31 Å². The van der Waals surface area contributed by atoms with Crippen molar-refractivity contribution in [3.8, 4) is 5.88 Å². The number of pyridine rings is 1. The quantitative estimate of drug-likeness (QED) is 0.717. The van der Waals surface area contributed by atoms with Crippen molar-refractivity contribution in [2.24, 2.45) is 0 Å². The Morgan fingerprint density at radius 2 is 1.96 bits per heavy atom. The van der Waals surface area contributed by atoms with Crippen LogP contribution in [0.5, 0.6) is 5.88 Å². The molecule has 0 amide bonds. The molecule has 1 aromatic heterocycles. The second-order valence-electron chi connectivity index (χ2n) is 5.66. The molecule has 0 unspecified atom stereocenters. The predicted molar refractivity (Wildman–Crippen MR) is 96.1 cm³/mol. The van der Waals surface area contributed by atoms with Crippen LogP contribution in [-0.2, 0) is 19.9 Å². The minimum absolute atomic E-state index is 0.0676. The van der Waals surface area contributed by atoms with E-state index in [2.05, 4.69) is 20.9 Å². The molecule has 0 aliphatic carbocycles. The van der Waals surface area contributed by atoms with Crippen LogP contribution in [0.4, 0.5) is 5.69 Å². The van der Waals surface area contributed by atoms with Crippen LogP contribution in [0.3, 0.4) is 0 Å². The smallest absolute Gasteiger partial charge is 0.265 e. The van der Waals surface area contributed by atoms with Crippen molar-refractivity contribution < 1.29 is 21.6 Å². The first kappa shape index (κ1) is 18.2. The molecule has 0 fully saturated rings. The first-order valence-corrected chi connectivity index (χ1v) is 11.4. The van der Waals surface area contributed by atoms with E-state index in [0.29, 0.717) is 5.69 Å². The number of halogens is 1. The van der Waals surface area contributed by atoms with Gasteiger partial charge in [-0.1, -0.05) is 0 Å². The van der Waals surface area contributed by atoms with Gasteiger partial charge in [0.15, 0.2) is 9.84 Å². The molecular formula is C15H15BrN2O5S2. The largest absolute Gasteiger partial charge is 0.471 e. The predicted octanol–water partition coefficient (Wildman–Crippen LogP) is 2.22. The summed E-state index contributed by atoms with van der Waals surface area (Å²) in [5.41, 5.74) is 0.317. The summed E-state index contributed by atoms with van der Waals surface area (Å²) < 4.78 is 57.1. The van der Waals surface area contributed by atoms with Crippen molar-refractivity contribution in [2.45, 2.75) is 22.8 Å². The van der Waals surface area contributed by atoms with E-state index in [9.17, 15) is 16.8 Å². The van der Waals surface area contributed by atoms with Crippen LogP contribution in [0, 0.1) is 0 Å². The SMILES string of the molecule is C[C@@H]1CN(S(=O)(=O)c2cc(S(C)(=O)=O)ccc2Br)c2cccnc2O1. The molecule has 1 aliphatic heterocycles. The maximum Gasteiger partial charge on any atom is 0.265 e. The Labute approximate surface area is 154 Å². The lowest BCUT2D eigenvalue weighted by Crippen LogP contribution is -2.42. The minimum atomic E-state index is -4.02. The highest BCUT2D eigenvalue weighted by Crippen LogP contribution is 2.37. The van der Waals surface area contributed by atoms with Gasteiger partial charge in [0, 0.05) is 16.9 Å². The summed E-state index contributed by atoms with van der Waals surface area (Å²) in [5, 5.41) is 0. The van der Waals surface area contributed by atoms with Crippen LogP contribution in [0.15, 0.2) is 50.8 Å². The van der Waals surface area contributed by atoms with E-state index in [0.717, 1.165) is 12.3 Å². The summed E-state index contributed by atoms with van der Waals surface area (Å²) in [5.74, 6) is 0.222. The van der Waals surface area contributed by atoms with Gasteiger partial charge in [-0.05, 0) is 53.2 Å². The van der Waals surface area contributed by atoms with Gasteiger partial charge < -0.3 is 4.74 Å². The Morgan fingerprint density at radius 3 is 2.64 bits per heavy atom. The van der Waals surface area contributed by atoms with Gasteiger partial charge in [0.1, 0.15) is 16.7 Å². The summed E-state index contributed by atoms with van der Waals surface area (Å²) in [4.78, 5) is 3.88. The zero-order chi connectivity index (χ0) is 18.4. The highest BCUT2D eigenvalue weighted by atomic mass is 79.9. The third-order valence-corrected chi connectivity index (χ3v) is 7.54. The lowest BCUT2D eigenvalue weighted by Gasteiger charge is -2.33. The van der Waals surface area contributed by atoms with Gasteiger partial charge in [-0.2, -0.15) is 0 Å². The third-order valence-electron chi connectivity index (χ3n) is 3.65. The topological polar surface area (TPSA) is 93.6 Å². The van der Waals surface area contributed by atoms with Crippen LogP contribution >= 0.6 is 15.9 Å². The normalized spacial score (nSPS) is 17.7. The van der Waals surface area contributed by atoms with Gasteiger partial charge in [0.2, 0.25) is 5.88 Å². The maximum absolute atomic E-state index is 13.2. The lowest BCUT2D eigenvalue weighted by atomic mass is 10.3. The maximum atomic E-state index is 13.2. The summed E-state index contributed by atoms with van der Waals surface area (Å²) in [6.07, 6.45) is 2.15. The third kappa shape index (κ3) is 3.38. The molecule has 0 saturated heterocycles. The summed E-state index contributed by atoms with van der Waals surface area (Å²) >= 11 is 3.21. The first-order valence-electron chi connectivity index (χ1n) is 7.25. The van der Waals surface area contributed by atoms with Crippen LogP contribution in [0.2, 0.25) is 0 Å². The Bertz CT molecular complexity index is 1040. The van der Waals surface area contributed by atoms with Crippen molar-refractivity contribution >= 4 is 41.5 Å². The number of fused-ring (bicyclic) bond motifs is 1. The number of benzene rings is 1. The zero-order valence-electron chi connectivity index (χ0n) is 13.4. The van der Waals surface area contributed by atoms with E-state index in [1.807, 2.05) is 0 Å². The molecule has 0 spiro atoms. The van der Waals surface area contributed by atoms with E-state index < -0.39 is 26.0 Å². The van der Waals surface area contributed by atoms with Crippen molar-refractivity contribution in [1.29, 1.82) is 0 Å². The Hall–Kier alpha value is -1.65. The van der Waals surface area contributed by atoms with Crippen molar-refractivity contribution in [3.63, 3.8) is 0 Å². The number of aromatic nitrogens is 1. The molecule has 0 radical (unpaired) electrons. The molecule has 3 rings (SSSR count). The number of anilines is 1. The van der Waals surface area contributed by atoms with Crippen LogP contribution in [0.1, 0.15) is 6.92 Å². The zero-order valence-corrected chi connectivity index (χ0v) is 16.6. The molecule has 1 aromatic carbocycles. The molecule has 2 heterocycles. The highest BCUT2D eigenvalue weighted by molar-refractivity contribution is 9.10. The monoisotopic (exact) mass is 446 g/mol. The molecule has 25 heavy (non-hydrogen) atoms. The summed E-state index contributed by atoms with van der Waals surface area (Å²) in [6.45, 7) is 1.83. The number of nitrogens with zero attached hydrogens (tertiary/aromatic N) is 2. The second-order valence-corrected chi connectivity index (χ2v) is 10.4. The standard InChI is InChI=1S/C15H15BrN2O5S2/c1-10-9-18(13-4-3-7-17-15(13)23-10)25(21,22)14-8-11(24(2,19)20)5-6-12(14)16/h3-8,10H,9H2,1-2H3/t10-/m1/s1. The van der Waals surface area contributed by atoms with E-state index in [1.165, 1.54) is 22.6 Å². The van der Waals surface area contributed by atoms with Crippen LogP contribution < -0.4 is 9.04 Å². The fourth-order valence-corrected chi connectivity index (χ4v) is 5.69. The van der Waals surface area contributed by atoms with E-state index in [4.69, 9.17) is 4.74 Å². The van der Waals surface area contributed by atoms with Crippen LogP contribution in [-0.4, -0.2) is 40.7 Å². The summed E-state index contributed by atoms with van der Waals surface area (Å²) in [7, 11) is -7.56. The number of sulfone groups is 1. The van der Waals surface area contributed by atoms with Crippen LogP contribution in [0.25, 0.3) is 0 Å². The molecule has 2 aromatic rings. The summed E-state index contributed by atoms with van der Waals surface area (Å²) in [6, 6.07) is 7.14. The molecule has 0 saturated carbocycles. The minimum Gasteiger partial charge on any atom is -0.471 e. The first-order chi connectivity index (χ1) is 11.6. The lowest BCUT2D eigenvalue weighted by molar-refractivity contribution is 0.210. The van der Waals surface area contributed by atoms with Crippen molar-refractivity contribution in [1.82, 2.24) is 4.98 Å². The molecule has 10 heteroatoms. The number of rotatable bonds is 3. The molecule has 7 nitrogen and oxygen atoms in total. The molecule has 1 atom stereocenters. The molecular weight excluding hydrogens is 432 g/mol. The Morgan fingerprint density at radius 1 is 1.24 bits per heavy atom. The fourth-order valence-electron chi connectivity index (χ4n) is 2.48. The van der Waals surface area contributed by atoms with Gasteiger partial charge >= 0.3 is 0 Å². The van der Waals surface area contributed by atoms with E-state index in [1.54, 1.807) is 19.1 Å². The molecule has 1 aliphatic rings. The highest BCUT2D eigenvalue weighted by Gasteiger charge is 2.35. The number of ether oxygens (including phenoxy) is 1. The number of hydrogen-bond acceptors (Lipinski definition) is 6. The fraction of sp³-hybridized carbons (Fsp3) is 0.267. The number of sulfonamides is 1. The second kappa shape index (κ2) is 6.26. The van der Waals surface area contributed by atoms with Crippen molar-refractivity contribution in [2.75, 3.05) is 17.1 Å².